The number of amidine groups is 1. The number of pyridine rings is 1. The van der Waals surface area contributed by atoms with Gasteiger partial charge in [-0.2, -0.15) is 4.37 Å². The molecule has 4 rings (SSSR count). The minimum Gasteiger partial charge on any atom is -0.492 e. The van der Waals surface area contributed by atoms with Crippen molar-refractivity contribution in [2.45, 2.75) is 33.7 Å². The Kier molecular flexibility index (Phi) is 7.41. The SMILES string of the molecule is Cc1cc(C(=O)CI)c2ccn(C(=O)c3nc(Nc4snc(O)c4C(=N)NC(C)C)ccc3C)c2c1. The molecule has 0 aliphatic rings. The van der Waals surface area contributed by atoms with Crippen molar-refractivity contribution >= 4 is 73.4 Å². The van der Waals surface area contributed by atoms with Crippen molar-refractivity contribution in [2.24, 2.45) is 0 Å². The van der Waals surface area contributed by atoms with Crippen molar-refractivity contribution < 1.29 is 14.7 Å². The van der Waals surface area contributed by atoms with E-state index in [2.05, 4.69) is 20.0 Å². The number of carbonyl (C=O) groups is 2. The van der Waals surface area contributed by atoms with Crippen molar-refractivity contribution in [3.8, 4) is 5.88 Å². The summed E-state index contributed by atoms with van der Waals surface area (Å²) >= 11 is 3.04. The van der Waals surface area contributed by atoms with Crippen LogP contribution in [-0.4, -0.2) is 47.0 Å². The second-order valence-corrected chi connectivity index (χ2v) is 10.2. The summed E-state index contributed by atoms with van der Waals surface area (Å²) in [4.78, 5) is 30.6. The highest BCUT2D eigenvalue weighted by molar-refractivity contribution is 14.1. The van der Waals surface area contributed by atoms with Gasteiger partial charge < -0.3 is 15.7 Å². The van der Waals surface area contributed by atoms with E-state index in [0.717, 1.165) is 22.5 Å². The number of Topliss-reactive ketones (excluding diaryl/α,β-unsaturated/α-hetero) is 1. The number of fused-ring (bicyclic) bond motifs is 1. The minimum atomic E-state index is -0.328. The van der Waals surface area contributed by atoms with Crippen LogP contribution in [0.4, 0.5) is 10.8 Å². The molecule has 3 heterocycles. The third-order valence-electron chi connectivity index (χ3n) is 5.49. The summed E-state index contributed by atoms with van der Waals surface area (Å²) in [6, 6.07) is 9.01. The molecular weight excluding hydrogens is 591 g/mol. The van der Waals surface area contributed by atoms with Crippen LogP contribution in [0.5, 0.6) is 5.88 Å². The van der Waals surface area contributed by atoms with E-state index in [1.165, 1.54) is 4.57 Å². The fraction of sp³-hybridized carbons (Fsp3) is 0.240. The molecule has 4 aromatic rings. The van der Waals surface area contributed by atoms with E-state index < -0.39 is 0 Å². The van der Waals surface area contributed by atoms with Crippen LogP contribution < -0.4 is 10.6 Å². The lowest BCUT2D eigenvalue weighted by Gasteiger charge is -2.13. The Morgan fingerprint density at radius 3 is 2.67 bits per heavy atom. The minimum absolute atomic E-state index is 0.000841. The number of benzene rings is 1. The third-order valence-corrected chi connectivity index (χ3v) is 6.94. The molecule has 36 heavy (non-hydrogen) atoms. The van der Waals surface area contributed by atoms with Crippen LogP contribution in [0, 0.1) is 19.3 Å². The Morgan fingerprint density at radius 2 is 1.97 bits per heavy atom. The normalized spacial score (nSPS) is 11.2. The van der Waals surface area contributed by atoms with E-state index >= 15 is 0 Å². The second-order valence-electron chi connectivity index (χ2n) is 8.66. The number of aromatic hydroxyl groups is 1. The number of alkyl halides is 1. The van der Waals surface area contributed by atoms with Gasteiger partial charge >= 0.3 is 0 Å². The van der Waals surface area contributed by atoms with Crippen LogP contribution in [0.3, 0.4) is 0 Å². The average Bonchev–Trinajstić information content (AvgIpc) is 3.41. The molecule has 0 saturated carbocycles. The number of ketones is 1. The number of nitrogens with zero attached hydrogens (tertiary/aromatic N) is 3. The van der Waals surface area contributed by atoms with Gasteiger partial charge in [0.1, 0.15) is 27.9 Å². The Balaban J connectivity index is 1.71. The Bertz CT molecular complexity index is 1510. The van der Waals surface area contributed by atoms with E-state index in [4.69, 9.17) is 5.41 Å². The van der Waals surface area contributed by atoms with Gasteiger partial charge in [0, 0.05) is 23.2 Å². The summed E-state index contributed by atoms with van der Waals surface area (Å²) in [6.45, 7) is 7.49. The molecule has 0 amide bonds. The first-order valence-corrected chi connectivity index (χ1v) is 13.4. The lowest BCUT2D eigenvalue weighted by atomic mass is 10.0. The van der Waals surface area contributed by atoms with Crippen molar-refractivity contribution in [2.75, 3.05) is 9.74 Å². The first-order valence-electron chi connectivity index (χ1n) is 11.1. The standard InChI is InChI=1S/C25H25IN6O3S/c1-12(2)28-22(27)20-23(34)31-36-24(20)30-19-6-5-14(4)21(29-19)25(35)32-8-7-15-16(18(33)11-26)9-13(3)10-17(15)32/h5-10,12H,11H2,1-4H3,(H2,27,28)(H,29,30)(H,31,34). The highest BCUT2D eigenvalue weighted by Gasteiger charge is 2.22. The van der Waals surface area contributed by atoms with E-state index in [1.54, 1.807) is 31.3 Å². The topological polar surface area (TPSA) is 133 Å². The molecule has 0 aliphatic heterocycles. The number of nitrogens with one attached hydrogen (secondary N) is 3. The van der Waals surface area contributed by atoms with Gasteiger partial charge in [-0.25, -0.2) is 4.98 Å². The number of aromatic nitrogens is 3. The lowest BCUT2D eigenvalue weighted by molar-refractivity contribution is 0.0958. The molecule has 0 saturated heterocycles. The fourth-order valence-electron chi connectivity index (χ4n) is 3.86. The smallest absolute Gasteiger partial charge is 0.281 e. The summed E-state index contributed by atoms with van der Waals surface area (Å²) in [5.41, 5.74) is 3.30. The van der Waals surface area contributed by atoms with E-state index in [-0.39, 0.29) is 40.7 Å². The van der Waals surface area contributed by atoms with Gasteiger partial charge in [-0.3, -0.25) is 19.6 Å². The van der Waals surface area contributed by atoms with Crippen LogP contribution in [0.15, 0.2) is 36.5 Å². The molecule has 0 aliphatic carbocycles. The average molecular weight is 616 g/mol. The molecule has 1 aromatic carbocycles. The predicted octanol–water partition coefficient (Wildman–Crippen LogP) is 5.19. The Morgan fingerprint density at radius 1 is 1.22 bits per heavy atom. The zero-order valence-electron chi connectivity index (χ0n) is 20.1. The Hall–Kier alpha value is -3.32. The van der Waals surface area contributed by atoms with Gasteiger partial charge in [-0.1, -0.05) is 28.7 Å². The summed E-state index contributed by atoms with van der Waals surface area (Å²) in [7, 11) is 0. The van der Waals surface area contributed by atoms with Gasteiger partial charge in [-0.15, -0.1) is 0 Å². The molecule has 186 valence electrons. The zero-order valence-corrected chi connectivity index (χ0v) is 23.1. The van der Waals surface area contributed by atoms with Gasteiger partial charge in [0.25, 0.3) is 5.91 Å². The molecule has 0 atom stereocenters. The summed E-state index contributed by atoms with van der Waals surface area (Å²) in [5.74, 6) is -0.162. The van der Waals surface area contributed by atoms with Gasteiger partial charge in [0.15, 0.2) is 5.78 Å². The summed E-state index contributed by atoms with van der Waals surface area (Å²) in [5, 5.41) is 25.7. The fourth-order valence-corrected chi connectivity index (χ4v) is 4.98. The monoisotopic (exact) mass is 616 g/mol. The molecular formula is C25H25IN6O3S. The summed E-state index contributed by atoms with van der Waals surface area (Å²) in [6.07, 6.45) is 1.66. The number of hydrogen-bond acceptors (Lipinski definition) is 8. The predicted molar refractivity (Wildman–Crippen MR) is 151 cm³/mol. The number of aryl methyl sites for hydroxylation is 2. The molecule has 9 nitrogen and oxygen atoms in total. The molecule has 4 N–H and O–H groups in total. The lowest BCUT2D eigenvalue weighted by Crippen LogP contribution is -2.30. The van der Waals surface area contributed by atoms with Crippen LogP contribution in [0.2, 0.25) is 0 Å². The summed E-state index contributed by atoms with van der Waals surface area (Å²) < 4.78 is 5.82. The number of anilines is 2. The highest BCUT2D eigenvalue weighted by Crippen LogP contribution is 2.32. The molecule has 0 fully saturated rings. The van der Waals surface area contributed by atoms with E-state index in [0.29, 0.717) is 31.9 Å². The van der Waals surface area contributed by atoms with E-state index in [9.17, 15) is 14.7 Å². The van der Waals surface area contributed by atoms with Crippen LogP contribution in [0.1, 0.15) is 51.4 Å². The first kappa shape index (κ1) is 25.8. The van der Waals surface area contributed by atoms with Crippen molar-refractivity contribution in [1.82, 2.24) is 19.2 Å². The second kappa shape index (κ2) is 10.3. The van der Waals surface area contributed by atoms with E-state index in [1.807, 2.05) is 55.5 Å². The molecule has 11 heteroatoms. The largest absolute Gasteiger partial charge is 0.492 e. The first-order chi connectivity index (χ1) is 17.1. The van der Waals surface area contributed by atoms with Gasteiger partial charge in [-0.05, 0) is 74.6 Å². The number of hydrogen-bond donors (Lipinski definition) is 4. The molecule has 0 unspecified atom stereocenters. The third kappa shape index (κ3) is 4.98. The quantitative estimate of drug-likeness (QED) is 0.0739. The maximum atomic E-state index is 13.6. The molecule has 0 radical (unpaired) electrons. The maximum absolute atomic E-state index is 13.6. The van der Waals surface area contributed by atoms with Crippen LogP contribution in [-0.2, 0) is 0 Å². The van der Waals surface area contributed by atoms with Crippen molar-refractivity contribution in [1.29, 1.82) is 5.41 Å². The zero-order chi connectivity index (χ0) is 26.1. The molecule has 0 bridgehead atoms. The molecule has 3 aromatic heterocycles. The number of rotatable bonds is 7. The number of halogens is 1. The molecule has 0 spiro atoms. The van der Waals surface area contributed by atoms with Crippen LogP contribution >= 0.6 is 34.1 Å². The van der Waals surface area contributed by atoms with Crippen molar-refractivity contribution in [3.05, 3.63) is 64.5 Å². The van der Waals surface area contributed by atoms with Crippen molar-refractivity contribution in [3.63, 3.8) is 0 Å². The highest BCUT2D eigenvalue weighted by atomic mass is 127. The Labute approximate surface area is 225 Å². The van der Waals surface area contributed by atoms with Gasteiger partial charge in [0.05, 0.1) is 9.94 Å². The number of carbonyl (C=O) groups excluding carboxylic acids is 2. The van der Waals surface area contributed by atoms with Gasteiger partial charge in [0.2, 0.25) is 5.88 Å². The maximum Gasteiger partial charge on any atom is 0.281 e. The van der Waals surface area contributed by atoms with Crippen LogP contribution in [0.25, 0.3) is 10.9 Å².